The maximum Gasteiger partial charge on any atom is 0.303 e. The molecule has 0 unspecified atom stereocenters. The van der Waals surface area contributed by atoms with Crippen molar-refractivity contribution in [2.75, 3.05) is 0 Å². The van der Waals surface area contributed by atoms with E-state index in [0.29, 0.717) is 6.42 Å². The summed E-state index contributed by atoms with van der Waals surface area (Å²) in [4.78, 5) is 25.4. The molecule has 2 rings (SSSR count). The molecule has 0 spiro atoms. The molecule has 1 amide bonds. The molecule has 1 heterocycles. The van der Waals surface area contributed by atoms with Crippen molar-refractivity contribution in [3.8, 4) is 0 Å². The molecule has 3 N–H and O–H groups in total. The Balaban J connectivity index is 1.70. The van der Waals surface area contributed by atoms with E-state index in [2.05, 4.69) is 10.3 Å². The second kappa shape index (κ2) is 6.41. The van der Waals surface area contributed by atoms with Crippen LogP contribution in [0.4, 0.5) is 0 Å². The number of hydrogen-bond acceptors (Lipinski definition) is 2. The first-order valence-electron chi connectivity index (χ1n) is 6.76. The van der Waals surface area contributed by atoms with E-state index in [9.17, 15) is 9.59 Å². The normalized spacial score (nSPS) is 22.9. The fourth-order valence-corrected chi connectivity index (χ4v) is 2.69. The van der Waals surface area contributed by atoms with Crippen molar-refractivity contribution >= 4 is 11.9 Å². The first-order valence-corrected chi connectivity index (χ1v) is 6.76. The molecular formula is C14H20N2O3. The Hall–Kier alpha value is -1.78. The Kier molecular flexibility index (Phi) is 4.60. The number of carboxylic acid groups (broad SMARTS) is 1. The molecule has 0 saturated heterocycles. The zero-order valence-corrected chi connectivity index (χ0v) is 10.9. The summed E-state index contributed by atoms with van der Waals surface area (Å²) in [6, 6.07) is 2.10. The van der Waals surface area contributed by atoms with E-state index in [1.54, 1.807) is 6.20 Å². The zero-order chi connectivity index (χ0) is 13.7. The van der Waals surface area contributed by atoms with Crippen LogP contribution >= 0.6 is 0 Å². The van der Waals surface area contributed by atoms with Gasteiger partial charge in [-0.25, -0.2) is 0 Å². The van der Waals surface area contributed by atoms with Gasteiger partial charge in [-0.3, -0.25) is 9.59 Å². The summed E-state index contributed by atoms with van der Waals surface area (Å²) >= 11 is 0. The summed E-state index contributed by atoms with van der Waals surface area (Å²) in [5.74, 6) is -0.406. The van der Waals surface area contributed by atoms with Crippen LogP contribution in [-0.4, -0.2) is 28.0 Å². The molecule has 1 fully saturated rings. The smallest absolute Gasteiger partial charge is 0.303 e. The Labute approximate surface area is 112 Å². The summed E-state index contributed by atoms with van der Waals surface area (Å²) in [7, 11) is 0. The molecule has 0 bridgehead atoms. The number of rotatable bonds is 5. The van der Waals surface area contributed by atoms with Gasteiger partial charge in [0.25, 0.3) is 0 Å². The van der Waals surface area contributed by atoms with Gasteiger partial charge in [-0.2, -0.15) is 0 Å². The van der Waals surface area contributed by atoms with Crippen LogP contribution in [0, 0.1) is 5.92 Å². The summed E-state index contributed by atoms with van der Waals surface area (Å²) in [6.07, 6.45) is 7.84. The lowest BCUT2D eigenvalue weighted by atomic mass is 9.84. The molecule has 5 nitrogen and oxygen atoms in total. The zero-order valence-electron chi connectivity index (χ0n) is 10.9. The highest BCUT2D eigenvalue weighted by molar-refractivity contribution is 5.78. The minimum Gasteiger partial charge on any atom is -0.481 e. The van der Waals surface area contributed by atoms with Crippen molar-refractivity contribution in [3.63, 3.8) is 0 Å². The molecule has 1 saturated carbocycles. The molecule has 1 aromatic rings. The highest BCUT2D eigenvalue weighted by Gasteiger charge is 2.23. The number of amides is 1. The third-order valence-electron chi connectivity index (χ3n) is 3.70. The molecule has 0 radical (unpaired) electrons. The molecule has 0 aliphatic heterocycles. The van der Waals surface area contributed by atoms with E-state index in [4.69, 9.17) is 5.11 Å². The number of hydrogen-bond donors (Lipinski definition) is 3. The van der Waals surface area contributed by atoms with Crippen LogP contribution in [0.3, 0.4) is 0 Å². The number of aromatic amines is 1. The Morgan fingerprint density at radius 3 is 2.63 bits per heavy atom. The van der Waals surface area contributed by atoms with Gasteiger partial charge in [0, 0.05) is 24.9 Å². The number of aliphatic carboxylic acids is 1. The van der Waals surface area contributed by atoms with Crippen LogP contribution in [0.1, 0.15) is 37.7 Å². The largest absolute Gasteiger partial charge is 0.481 e. The number of H-pyrrole nitrogens is 1. The summed E-state index contributed by atoms with van der Waals surface area (Å²) in [5, 5.41) is 11.8. The summed E-state index contributed by atoms with van der Waals surface area (Å²) < 4.78 is 0. The predicted octanol–water partition coefficient (Wildman–Crippen LogP) is 1.71. The molecule has 0 atom stereocenters. The maximum absolute atomic E-state index is 11.8. The van der Waals surface area contributed by atoms with Crippen molar-refractivity contribution in [1.29, 1.82) is 0 Å². The quantitative estimate of drug-likeness (QED) is 0.757. The average Bonchev–Trinajstić information content (AvgIpc) is 2.83. The highest BCUT2D eigenvalue weighted by Crippen LogP contribution is 2.26. The second-order valence-corrected chi connectivity index (χ2v) is 5.28. The molecule has 1 aromatic heterocycles. The number of carboxylic acids is 1. The van der Waals surface area contributed by atoms with Crippen molar-refractivity contribution < 1.29 is 14.7 Å². The average molecular weight is 264 g/mol. The Morgan fingerprint density at radius 2 is 2.05 bits per heavy atom. The van der Waals surface area contributed by atoms with Crippen LogP contribution in [0.5, 0.6) is 0 Å². The molecule has 0 aromatic carbocycles. The minimum atomic E-state index is -0.722. The van der Waals surface area contributed by atoms with E-state index < -0.39 is 5.97 Å². The van der Waals surface area contributed by atoms with Gasteiger partial charge >= 0.3 is 5.97 Å². The van der Waals surface area contributed by atoms with E-state index in [1.807, 2.05) is 12.3 Å². The number of carbonyl (C=O) groups is 2. The first-order chi connectivity index (χ1) is 9.13. The molecular weight excluding hydrogens is 244 g/mol. The molecule has 19 heavy (non-hydrogen) atoms. The van der Waals surface area contributed by atoms with E-state index in [0.717, 1.165) is 31.2 Å². The standard InChI is InChI=1S/C14H20N2O3/c17-13(7-11-5-6-15-9-11)16-12-3-1-10(2-4-12)8-14(18)19/h5-6,9-10,12,15H,1-4,7-8H2,(H,16,17)(H,18,19). The molecule has 5 heteroatoms. The Morgan fingerprint density at radius 1 is 1.32 bits per heavy atom. The number of nitrogens with one attached hydrogen (secondary N) is 2. The first kappa shape index (κ1) is 13.6. The fraction of sp³-hybridized carbons (Fsp3) is 0.571. The SMILES string of the molecule is O=C(O)CC1CCC(NC(=O)Cc2cc[nH]c2)CC1. The van der Waals surface area contributed by atoms with Crippen LogP contribution in [0.15, 0.2) is 18.5 Å². The number of aromatic nitrogens is 1. The highest BCUT2D eigenvalue weighted by atomic mass is 16.4. The summed E-state index contributed by atoms with van der Waals surface area (Å²) in [5.41, 5.74) is 0.983. The third-order valence-corrected chi connectivity index (χ3v) is 3.70. The van der Waals surface area contributed by atoms with Crippen LogP contribution in [0.2, 0.25) is 0 Å². The van der Waals surface area contributed by atoms with Crippen molar-refractivity contribution in [2.24, 2.45) is 5.92 Å². The van der Waals surface area contributed by atoms with Crippen molar-refractivity contribution in [1.82, 2.24) is 10.3 Å². The lowest BCUT2D eigenvalue weighted by Crippen LogP contribution is -2.38. The maximum atomic E-state index is 11.8. The van der Waals surface area contributed by atoms with E-state index >= 15 is 0 Å². The van der Waals surface area contributed by atoms with Crippen molar-refractivity contribution in [3.05, 3.63) is 24.0 Å². The monoisotopic (exact) mass is 264 g/mol. The van der Waals surface area contributed by atoms with Gasteiger partial charge in [0.15, 0.2) is 0 Å². The lowest BCUT2D eigenvalue weighted by molar-refractivity contribution is -0.138. The summed E-state index contributed by atoms with van der Waals surface area (Å²) in [6.45, 7) is 0. The Bertz CT molecular complexity index is 420. The topological polar surface area (TPSA) is 82.2 Å². The van der Waals surface area contributed by atoms with Gasteiger partial charge in [-0.15, -0.1) is 0 Å². The third kappa shape index (κ3) is 4.43. The fourth-order valence-electron chi connectivity index (χ4n) is 2.69. The number of carbonyl (C=O) groups excluding carboxylic acids is 1. The molecule has 104 valence electrons. The van der Waals surface area contributed by atoms with Gasteiger partial charge in [-0.05, 0) is 43.2 Å². The minimum absolute atomic E-state index is 0.0429. The lowest BCUT2D eigenvalue weighted by Gasteiger charge is -2.28. The van der Waals surface area contributed by atoms with Gasteiger partial charge < -0.3 is 15.4 Å². The van der Waals surface area contributed by atoms with Gasteiger partial charge in [0.1, 0.15) is 0 Å². The van der Waals surface area contributed by atoms with Crippen molar-refractivity contribution in [2.45, 2.75) is 44.6 Å². The van der Waals surface area contributed by atoms with Gasteiger partial charge in [0.05, 0.1) is 6.42 Å². The molecule has 1 aliphatic carbocycles. The molecule has 1 aliphatic rings. The predicted molar refractivity (Wildman–Crippen MR) is 70.6 cm³/mol. The van der Waals surface area contributed by atoms with E-state index in [-0.39, 0.29) is 24.3 Å². The van der Waals surface area contributed by atoms with E-state index in [1.165, 1.54) is 0 Å². The van der Waals surface area contributed by atoms with Gasteiger partial charge in [-0.1, -0.05) is 0 Å². The second-order valence-electron chi connectivity index (χ2n) is 5.28. The van der Waals surface area contributed by atoms with Crippen LogP contribution in [0.25, 0.3) is 0 Å². The van der Waals surface area contributed by atoms with Crippen LogP contribution in [-0.2, 0) is 16.0 Å². The van der Waals surface area contributed by atoms with Gasteiger partial charge in [0.2, 0.25) is 5.91 Å². The van der Waals surface area contributed by atoms with Crippen LogP contribution < -0.4 is 5.32 Å².